The van der Waals surface area contributed by atoms with Crippen molar-refractivity contribution in [1.29, 1.82) is 0 Å². The van der Waals surface area contributed by atoms with Crippen LogP contribution in [0.25, 0.3) is 11.4 Å². The van der Waals surface area contributed by atoms with Gasteiger partial charge in [-0.15, -0.1) is 0 Å². The van der Waals surface area contributed by atoms with Gasteiger partial charge in [-0.25, -0.2) is 12.7 Å². The number of nitrogens with one attached hydrogen (secondary N) is 1. The second kappa shape index (κ2) is 7.32. The van der Waals surface area contributed by atoms with Gasteiger partial charge in [-0.3, -0.25) is 10.1 Å². The lowest BCUT2D eigenvalue weighted by atomic mass is 10.2. The standard InChI is InChI=1S/C17H16N4O3S2/c1-21(2)26(23,24)14-10-8-13(9-11-14)16(22)19-17-18-15(20-25-17)12-6-4-3-5-7-12/h3-11H,1-2H3,(H,18,19,20,22). The molecule has 134 valence electrons. The smallest absolute Gasteiger partial charge is 0.257 e. The van der Waals surface area contributed by atoms with E-state index in [2.05, 4.69) is 14.7 Å². The first-order valence-electron chi connectivity index (χ1n) is 7.61. The molecule has 0 bridgehead atoms. The lowest BCUT2D eigenvalue weighted by Crippen LogP contribution is -2.22. The molecule has 0 fully saturated rings. The van der Waals surface area contributed by atoms with Crippen LogP contribution in [-0.4, -0.2) is 42.1 Å². The van der Waals surface area contributed by atoms with E-state index >= 15 is 0 Å². The van der Waals surface area contributed by atoms with Crippen molar-refractivity contribution in [2.45, 2.75) is 4.90 Å². The van der Waals surface area contributed by atoms with Gasteiger partial charge in [0.15, 0.2) is 5.82 Å². The Morgan fingerprint density at radius 1 is 1.04 bits per heavy atom. The van der Waals surface area contributed by atoms with E-state index in [1.165, 1.54) is 38.4 Å². The third kappa shape index (κ3) is 3.79. The minimum absolute atomic E-state index is 0.126. The van der Waals surface area contributed by atoms with Crippen LogP contribution in [0.1, 0.15) is 10.4 Å². The summed E-state index contributed by atoms with van der Waals surface area (Å²) in [4.78, 5) is 16.7. The number of anilines is 1. The molecule has 0 aliphatic rings. The molecule has 0 saturated carbocycles. The van der Waals surface area contributed by atoms with Gasteiger partial charge in [0.05, 0.1) is 4.90 Å². The number of hydrogen-bond donors (Lipinski definition) is 1. The van der Waals surface area contributed by atoms with E-state index in [1.54, 1.807) is 0 Å². The first kappa shape index (κ1) is 18.2. The topological polar surface area (TPSA) is 92.3 Å². The Labute approximate surface area is 155 Å². The van der Waals surface area contributed by atoms with Gasteiger partial charge in [-0.1, -0.05) is 30.3 Å². The largest absolute Gasteiger partial charge is 0.297 e. The average molecular weight is 388 g/mol. The molecule has 0 atom stereocenters. The number of carbonyl (C=O) groups is 1. The predicted octanol–water partition coefficient (Wildman–Crippen LogP) is 2.71. The number of benzene rings is 2. The Hall–Kier alpha value is -2.62. The number of nitrogens with zero attached hydrogens (tertiary/aromatic N) is 3. The van der Waals surface area contributed by atoms with Gasteiger partial charge in [0.25, 0.3) is 5.91 Å². The highest BCUT2D eigenvalue weighted by Gasteiger charge is 2.18. The molecule has 0 radical (unpaired) electrons. The Bertz CT molecular complexity index is 1010. The summed E-state index contributed by atoms with van der Waals surface area (Å²) in [5.74, 6) is 0.160. The van der Waals surface area contributed by atoms with Crippen LogP contribution < -0.4 is 5.32 Å². The van der Waals surface area contributed by atoms with Gasteiger partial charge >= 0.3 is 0 Å². The van der Waals surface area contributed by atoms with Gasteiger partial charge < -0.3 is 0 Å². The summed E-state index contributed by atoms with van der Waals surface area (Å²) in [6.45, 7) is 0. The zero-order chi connectivity index (χ0) is 18.7. The van der Waals surface area contributed by atoms with E-state index < -0.39 is 10.0 Å². The molecule has 0 aliphatic heterocycles. The molecule has 7 nitrogen and oxygen atoms in total. The zero-order valence-corrected chi connectivity index (χ0v) is 15.7. The molecule has 1 heterocycles. The van der Waals surface area contributed by atoms with Crippen molar-refractivity contribution < 1.29 is 13.2 Å². The normalized spacial score (nSPS) is 11.5. The fourth-order valence-electron chi connectivity index (χ4n) is 2.14. The van der Waals surface area contributed by atoms with Crippen molar-refractivity contribution in [3.63, 3.8) is 0 Å². The van der Waals surface area contributed by atoms with Crippen molar-refractivity contribution in [2.24, 2.45) is 0 Å². The van der Waals surface area contributed by atoms with Gasteiger partial charge in [-0.2, -0.15) is 9.36 Å². The molecule has 1 N–H and O–H groups in total. The molecular formula is C17H16N4O3S2. The molecule has 0 unspecified atom stereocenters. The average Bonchev–Trinajstić information content (AvgIpc) is 3.11. The van der Waals surface area contributed by atoms with Crippen molar-refractivity contribution >= 4 is 32.6 Å². The maximum Gasteiger partial charge on any atom is 0.257 e. The Kier molecular flexibility index (Phi) is 5.12. The monoisotopic (exact) mass is 388 g/mol. The van der Waals surface area contributed by atoms with Crippen molar-refractivity contribution in [2.75, 3.05) is 19.4 Å². The van der Waals surface area contributed by atoms with Gasteiger partial charge in [0.1, 0.15) is 0 Å². The molecule has 9 heteroatoms. The summed E-state index contributed by atoms with van der Waals surface area (Å²) in [5, 5.41) is 3.05. The molecule has 1 amide bonds. The van der Waals surface area contributed by atoms with E-state index in [1.807, 2.05) is 30.3 Å². The molecule has 3 rings (SSSR count). The van der Waals surface area contributed by atoms with Crippen LogP contribution in [0.5, 0.6) is 0 Å². The Balaban J connectivity index is 1.74. The van der Waals surface area contributed by atoms with E-state index in [0.29, 0.717) is 16.5 Å². The van der Waals surface area contributed by atoms with E-state index in [4.69, 9.17) is 0 Å². The number of carbonyl (C=O) groups excluding carboxylic acids is 1. The van der Waals surface area contributed by atoms with E-state index in [-0.39, 0.29) is 10.8 Å². The third-order valence-corrected chi connectivity index (χ3v) is 6.03. The molecule has 2 aromatic carbocycles. The van der Waals surface area contributed by atoms with Crippen LogP contribution in [0.2, 0.25) is 0 Å². The summed E-state index contributed by atoms with van der Waals surface area (Å²) in [6.07, 6.45) is 0. The van der Waals surface area contributed by atoms with Crippen molar-refractivity contribution in [1.82, 2.24) is 13.7 Å². The molecule has 0 aliphatic carbocycles. The summed E-state index contributed by atoms with van der Waals surface area (Å²) in [6, 6.07) is 15.2. The first-order chi connectivity index (χ1) is 12.4. The van der Waals surface area contributed by atoms with Gasteiger partial charge in [-0.05, 0) is 24.3 Å². The molecule has 26 heavy (non-hydrogen) atoms. The molecule has 3 aromatic rings. The second-order valence-corrected chi connectivity index (χ2v) is 8.46. The number of hydrogen-bond acceptors (Lipinski definition) is 6. The minimum atomic E-state index is -3.52. The fourth-order valence-corrected chi connectivity index (χ4v) is 3.62. The lowest BCUT2D eigenvalue weighted by Gasteiger charge is -2.11. The van der Waals surface area contributed by atoms with Crippen molar-refractivity contribution in [3.05, 3.63) is 60.2 Å². The van der Waals surface area contributed by atoms with Gasteiger partial charge in [0.2, 0.25) is 15.2 Å². The maximum absolute atomic E-state index is 12.3. The van der Waals surface area contributed by atoms with E-state index in [9.17, 15) is 13.2 Å². The van der Waals surface area contributed by atoms with Crippen LogP contribution in [0.4, 0.5) is 5.13 Å². The minimum Gasteiger partial charge on any atom is -0.297 e. The molecule has 0 saturated heterocycles. The van der Waals surface area contributed by atoms with Crippen LogP contribution >= 0.6 is 11.5 Å². The second-order valence-electron chi connectivity index (χ2n) is 5.56. The highest BCUT2D eigenvalue weighted by atomic mass is 32.2. The zero-order valence-electron chi connectivity index (χ0n) is 14.1. The van der Waals surface area contributed by atoms with Crippen LogP contribution in [0.3, 0.4) is 0 Å². The predicted molar refractivity (Wildman–Crippen MR) is 101 cm³/mol. The number of amides is 1. The molecular weight excluding hydrogens is 372 g/mol. The Morgan fingerprint density at radius 2 is 1.69 bits per heavy atom. The summed E-state index contributed by atoms with van der Waals surface area (Å²) in [7, 11) is -0.616. The fraction of sp³-hybridized carbons (Fsp3) is 0.118. The van der Waals surface area contributed by atoms with Crippen LogP contribution in [-0.2, 0) is 10.0 Å². The summed E-state index contributed by atoms with van der Waals surface area (Å²) < 4.78 is 29.5. The molecule has 1 aromatic heterocycles. The SMILES string of the molecule is CN(C)S(=O)(=O)c1ccc(C(=O)Nc2nc(-c3ccccc3)ns2)cc1. The van der Waals surface area contributed by atoms with Crippen LogP contribution in [0.15, 0.2) is 59.5 Å². The Morgan fingerprint density at radius 3 is 2.31 bits per heavy atom. The maximum atomic E-state index is 12.3. The highest BCUT2D eigenvalue weighted by molar-refractivity contribution is 7.89. The third-order valence-electron chi connectivity index (χ3n) is 3.57. The van der Waals surface area contributed by atoms with Crippen molar-refractivity contribution in [3.8, 4) is 11.4 Å². The van der Waals surface area contributed by atoms with Crippen LogP contribution in [0, 0.1) is 0 Å². The lowest BCUT2D eigenvalue weighted by molar-refractivity contribution is 0.102. The van der Waals surface area contributed by atoms with Gasteiger partial charge in [0, 0.05) is 36.8 Å². The first-order valence-corrected chi connectivity index (χ1v) is 9.82. The summed E-state index contributed by atoms with van der Waals surface area (Å²) in [5.41, 5.74) is 1.20. The summed E-state index contributed by atoms with van der Waals surface area (Å²) >= 11 is 1.08. The quantitative estimate of drug-likeness (QED) is 0.725. The number of sulfonamides is 1. The molecule has 0 spiro atoms. The van der Waals surface area contributed by atoms with E-state index in [0.717, 1.165) is 21.4 Å². The highest BCUT2D eigenvalue weighted by Crippen LogP contribution is 2.21. The number of aromatic nitrogens is 2. The number of rotatable bonds is 5.